The number of hydrogen-bond acceptors (Lipinski definition) is 2. The van der Waals surface area contributed by atoms with Gasteiger partial charge in [0.1, 0.15) is 0 Å². The number of halogens is 2. The fourth-order valence-electron chi connectivity index (χ4n) is 2.12. The summed E-state index contributed by atoms with van der Waals surface area (Å²) >= 11 is 11.7. The molecule has 0 fully saturated rings. The normalized spacial score (nSPS) is 11.4. The second kappa shape index (κ2) is 6.95. The molecule has 2 aromatic rings. The Balaban J connectivity index is 2.16. The first-order chi connectivity index (χ1) is 10.4. The van der Waals surface area contributed by atoms with Crippen molar-refractivity contribution in [1.82, 2.24) is 5.43 Å². The Bertz CT molecular complexity index is 754. The van der Waals surface area contributed by atoms with Gasteiger partial charge in [0.2, 0.25) is 0 Å². The summed E-state index contributed by atoms with van der Waals surface area (Å²) in [4.78, 5) is 12.1. The average Bonchev–Trinajstić information content (AvgIpc) is 2.47. The first kappa shape index (κ1) is 16.5. The molecule has 2 rings (SSSR count). The van der Waals surface area contributed by atoms with E-state index in [4.69, 9.17) is 23.2 Å². The summed E-state index contributed by atoms with van der Waals surface area (Å²) in [5, 5.41) is 4.90. The molecular weight excluding hydrogens is 319 g/mol. The molecule has 0 bridgehead atoms. The number of nitrogens with one attached hydrogen (secondary N) is 1. The summed E-state index contributed by atoms with van der Waals surface area (Å²) in [6, 6.07) is 10.8. The van der Waals surface area contributed by atoms with Crippen LogP contribution in [0.15, 0.2) is 41.5 Å². The average molecular weight is 335 g/mol. The monoisotopic (exact) mass is 334 g/mol. The molecule has 114 valence electrons. The van der Waals surface area contributed by atoms with Crippen LogP contribution < -0.4 is 5.43 Å². The van der Waals surface area contributed by atoms with Crippen LogP contribution in [0.25, 0.3) is 0 Å². The van der Waals surface area contributed by atoms with Gasteiger partial charge in [-0.25, -0.2) is 5.43 Å². The molecule has 1 amide bonds. The Morgan fingerprint density at radius 1 is 1.05 bits per heavy atom. The van der Waals surface area contributed by atoms with Crippen LogP contribution in [0.5, 0.6) is 0 Å². The lowest BCUT2D eigenvalue weighted by atomic mass is 10.0. The van der Waals surface area contributed by atoms with Gasteiger partial charge in [0, 0.05) is 11.1 Å². The minimum atomic E-state index is -0.331. The number of amides is 1. The Morgan fingerprint density at radius 3 is 2.41 bits per heavy atom. The summed E-state index contributed by atoms with van der Waals surface area (Å²) in [6.45, 7) is 5.91. The van der Waals surface area contributed by atoms with Crippen molar-refractivity contribution in [3.05, 3.63) is 68.7 Å². The molecule has 0 saturated heterocycles. The number of hydrogen-bond donors (Lipinski definition) is 1. The standard InChI is InChI=1S/C17H16Cl2N2O/c1-10-4-6-14(11(2)8-10)12(3)20-21-17(22)13-5-7-15(18)16(19)9-13/h4-9H,1-3H3,(H,21,22). The highest BCUT2D eigenvalue weighted by atomic mass is 35.5. The zero-order valence-electron chi connectivity index (χ0n) is 12.6. The van der Waals surface area contributed by atoms with Crippen molar-refractivity contribution in [1.29, 1.82) is 0 Å². The van der Waals surface area contributed by atoms with E-state index in [1.54, 1.807) is 12.1 Å². The number of aryl methyl sites for hydroxylation is 2. The van der Waals surface area contributed by atoms with Crippen LogP contribution in [-0.4, -0.2) is 11.6 Å². The van der Waals surface area contributed by atoms with E-state index in [0.29, 0.717) is 15.6 Å². The number of nitrogens with zero attached hydrogens (tertiary/aromatic N) is 1. The fraction of sp³-hybridized carbons (Fsp3) is 0.176. The van der Waals surface area contributed by atoms with E-state index in [9.17, 15) is 4.79 Å². The molecule has 0 radical (unpaired) electrons. The van der Waals surface area contributed by atoms with E-state index in [1.807, 2.05) is 32.9 Å². The van der Waals surface area contributed by atoms with E-state index in [-0.39, 0.29) is 5.91 Å². The minimum absolute atomic E-state index is 0.331. The number of benzene rings is 2. The Labute approximate surface area is 139 Å². The summed E-state index contributed by atoms with van der Waals surface area (Å²) in [5.74, 6) is -0.331. The fourth-order valence-corrected chi connectivity index (χ4v) is 2.41. The van der Waals surface area contributed by atoms with Crippen molar-refractivity contribution in [2.45, 2.75) is 20.8 Å². The summed E-state index contributed by atoms with van der Waals surface area (Å²) in [6.07, 6.45) is 0. The molecular formula is C17H16Cl2N2O. The Hall–Kier alpha value is -1.84. The molecule has 0 unspecified atom stereocenters. The van der Waals surface area contributed by atoms with Crippen LogP contribution in [0.2, 0.25) is 10.0 Å². The van der Waals surface area contributed by atoms with Crippen LogP contribution in [0.3, 0.4) is 0 Å². The molecule has 5 heteroatoms. The molecule has 22 heavy (non-hydrogen) atoms. The third-order valence-electron chi connectivity index (χ3n) is 3.28. The van der Waals surface area contributed by atoms with E-state index >= 15 is 0 Å². The lowest BCUT2D eigenvalue weighted by Gasteiger charge is -2.07. The van der Waals surface area contributed by atoms with Gasteiger partial charge in [-0.15, -0.1) is 0 Å². The van der Waals surface area contributed by atoms with Crippen molar-refractivity contribution in [2.24, 2.45) is 5.10 Å². The van der Waals surface area contributed by atoms with Crippen LogP contribution in [0.4, 0.5) is 0 Å². The molecule has 0 aromatic heterocycles. The van der Waals surface area contributed by atoms with Gasteiger partial charge in [0.05, 0.1) is 15.8 Å². The maximum absolute atomic E-state index is 12.1. The summed E-state index contributed by atoms with van der Waals surface area (Å²) < 4.78 is 0. The van der Waals surface area contributed by atoms with Gasteiger partial charge in [-0.3, -0.25) is 4.79 Å². The lowest BCUT2D eigenvalue weighted by molar-refractivity contribution is 0.0955. The molecule has 2 aromatic carbocycles. The number of carbonyl (C=O) groups is 1. The van der Waals surface area contributed by atoms with Crippen molar-refractivity contribution in [3.8, 4) is 0 Å². The van der Waals surface area contributed by atoms with E-state index in [1.165, 1.54) is 11.6 Å². The van der Waals surface area contributed by atoms with E-state index in [2.05, 4.69) is 16.6 Å². The molecule has 0 spiro atoms. The van der Waals surface area contributed by atoms with Gasteiger partial charge in [-0.1, -0.05) is 47.0 Å². The molecule has 0 atom stereocenters. The Kier molecular flexibility index (Phi) is 5.22. The first-order valence-electron chi connectivity index (χ1n) is 6.76. The number of carbonyl (C=O) groups excluding carboxylic acids is 1. The minimum Gasteiger partial charge on any atom is -0.267 e. The summed E-state index contributed by atoms with van der Waals surface area (Å²) in [7, 11) is 0. The zero-order chi connectivity index (χ0) is 16.3. The highest BCUT2D eigenvalue weighted by molar-refractivity contribution is 6.42. The van der Waals surface area contributed by atoms with Gasteiger partial charge in [0.25, 0.3) is 5.91 Å². The van der Waals surface area contributed by atoms with Crippen molar-refractivity contribution in [3.63, 3.8) is 0 Å². The quantitative estimate of drug-likeness (QED) is 0.637. The predicted molar refractivity (Wildman–Crippen MR) is 92.1 cm³/mol. The van der Waals surface area contributed by atoms with Crippen LogP contribution in [-0.2, 0) is 0 Å². The van der Waals surface area contributed by atoms with Gasteiger partial charge in [-0.05, 0) is 44.5 Å². The first-order valence-corrected chi connectivity index (χ1v) is 7.51. The molecule has 0 heterocycles. The second-order valence-corrected chi connectivity index (χ2v) is 5.90. The SMILES string of the molecule is CC(=NNC(=O)c1ccc(Cl)c(Cl)c1)c1ccc(C)cc1C. The van der Waals surface area contributed by atoms with Crippen LogP contribution >= 0.6 is 23.2 Å². The molecule has 3 nitrogen and oxygen atoms in total. The van der Waals surface area contributed by atoms with Crippen LogP contribution in [0.1, 0.15) is 34.0 Å². The lowest BCUT2D eigenvalue weighted by Crippen LogP contribution is -2.19. The molecule has 0 aliphatic carbocycles. The third-order valence-corrected chi connectivity index (χ3v) is 4.02. The Morgan fingerprint density at radius 2 is 1.77 bits per heavy atom. The molecule has 0 aliphatic rings. The van der Waals surface area contributed by atoms with Crippen molar-refractivity contribution in [2.75, 3.05) is 0 Å². The van der Waals surface area contributed by atoms with Gasteiger partial charge < -0.3 is 0 Å². The smallest absolute Gasteiger partial charge is 0.267 e. The molecule has 1 N–H and O–H groups in total. The van der Waals surface area contributed by atoms with Gasteiger partial charge in [-0.2, -0.15) is 5.10 Å². The zero-order valence-corrected chi connectivity index (χ0v) is 14.1. The van der Waals surface area contributed by atoms with Gasteiger partial charge >= 0.3 is 0 Å². The van der Waals surface area contributed by atoms with E-state index < -0.39 is 0 Å². The highest BCUT2D eigenvalue weighted by Gasteiger charge is 2.08. The largest absolute Gasteiger partial charge is 0.271 e. The second-order valence-electron chi connectivity index (χ2n) is 5.09. The highest BCUT2D eigenvalue weighted by Crippen LogP contribution is 2.22. The number of hydrazone groups is 1. The number of rotatable bonds is 3. The van der Waals surface area contributed by atoms with E-state index in [0.717, 1.165) is 16.8 Å². The van der Waals surface area contributed by atoms with Gasteiger partial charge in [0.15, 0.2) is 0 Å². The van der Waals surface area contributed by atoms with Crippen LogP contribution in [0, 0.1) is 13.8 Å². The molecule has 0 saturated carbocycles. The maximum Gasteiger partial charge on any atom is 0.271 e. The maximum atomic E-state index is 12.1. The third kappa shape index (κ3) is 3.87. The van der Waals surface area contributed by atoms with Crippen molar-refractivity contribution < 1.29 is 4.79 Å². The van der Waals surface area contributed by atoms with Crippen molar-refractivity contribution >= 4 is 34.8 Å². The molecule has 0 aliphatic heterocycles. The predicted octanol–water partition coefficient (Wildman–Crippen LogP) is 4.76. The topological polar surface area (TPSA) is 41.5 Å². The summed E-state index contributed by atoms with van der Waals surface area (Å²) in [5.41, 5.74) is 6.99.